The molecule has 0 aliphatic rings. The summed E-state index contributed by atoms with van der Waals surface area (Å²) in [5.41, 5.74) is -0.867. The molecule has 1 aromatic carbocycles. The molecular weight excluding hydrogens is 341 g/mol. The van der Waals surface area contributed by atoms with Crippen LogP contribution < -0.4 is 15.5 Å². The number of hydrogen-bond donors (Lipinski definition) is 2. The Labute approximate surface area is 140 Å². The predicted molar refractivity (Wildman–Crippen MR) is 83.3 cm³/mol. The van der Waals surface area contributed by atoms with Crippen LogP contribution in [0, 0.1) is 0 Å². The summed E-state index contributed by atoms with van der Waals surface area (Å²) in [6.07, 6.45) is -3.18. The molecule has 0 spiro atoms. The minimum absolute atomic E-state index is 0.000435. The summed E-state index contributed by atoms with van der Waals surface area (Å²) < 4.78 is 43.7. The minimum atomic E-state index is -4.45. The normalized spacial score (nSPS) is 11.2. The molecule has 2 aromatic rings. The highest BCUT2D eigenvalue weighted by Gasteiger charge is 2.29. The molecule has 9 heteroatoms. The quantitative estimate of drug-likeness (QED) is 0.859. The standard InChI is InChI=1S/C16H15F3N2O4/c1-25-14-7-21(12(9-22)6-13(14)23)8-15(24)20-11-4-2-10(3-5-11)16(17,18)19/h2-7,22H,8-9H2,1H3,(H,20,24). The Morgan fingerprint density at radius 3 is 2.44 bits per heavy atom. The molecule has 25 heavy (non-hydrogen) atoms. The number of ether oxygens (including phenoxy) is 1. The topological polar surface area (TPSA) is 80.6 Å². The fraction of sp³-hybridized carbons (Fsp3) is 0.250. The lowest BCUT2D eigenvalue weighted by atomic mass is 10.2. The number of methoxy groups -OCH3 is 1. The van der Waals surface area contributed by atoms with Crippen molar-refractivity contribution in [2.75, 3.05) is 12.4 Å². The van der Waals surface area contributed by atoms with Crippen LogP contribution in [0.4, 0.5) is 18.9 Å². The van der Waals surface area contributed by atoms with Crippen molar-refractivity contribution in [3.05, 3.63) is 58.0 Å². The van der Waals surface area contributed by atoms with Gasteiger partial charge in [0.05, 0.1) is 25.5 Å². The van der Waals surface area contributed by atoms with Gasteiger partial charge in [0.25, 0.3) is 0 Å². The Bertz CT molecular complexity index is 814. The van der Waals surface area contributed by atoms with Crippen LogP contribution in [0.1, 0.15) is 11.3 Å². The number of carbonyl (C=O) groups is 1. The van der Waals surface area contributed by atoms with Gasteiger partial charge < -0.3 is 19.7 Å². The van der Waals surface area contributed by atoms with Crippen LogP contribution in [0.25, 0.3) is 0 Å². The van der Waals surface area contributed by atoms with E-state index < -0.39 is 29.7 Å². The number of amides is 1. The Kier molecular flexibility index (Phi) is 5.48. The Morgan fingerprint density at radius 1 is 1.28 bits per heavy atom. The van der Waals surface area contributed by atoms with Crippen molar-refractivity contribution in [2.45, 2.75) is 19.3 Å². The highest BCUT2D eigenvalue weighted by Crippen LogP contribution is 2.29. The third kappa shape index (κ3) is 4.60. The molecule has 2 rings (SSSR count). The number of aliphatic hydroxyl groups is 1. The SMILES string of the molecule is COc1cn(CC(=O)Nc2ccc(C(F)(F)F)cc2)c(CO)cc1=O. The monoisotopic (exact) mass is 356 g/mol. The maximum atomic E-state index is 12.5. The first kappa shape index (κ1) is 18.5. The number of benzene rings is 1. The van der Waals surface area contributed by atoms with E-state index in [0.717, 1.165) is 30.3 Å². The van der Waals surface area contributed by atoms with E-state index in [4.69, 9.17) is 4.74 Å². The second kappa shape index (κ2) is 7.39. The van der Waals surface area contributed by atoms with Gasteiger partial charge in [0.15, 0.2) is 5.75 Å². The summed E-state index contributed by atoms with van der Waals surface area (Å²) in [6.45, 7) is -0.722. The first-order chi connectivity index (χ1) is 11.7. The van der Waals surface area contributed by atoms with Crippen LogP contribution in [0.2, 0.25) is 0 Å². The number of hydrogen-bond acceptors (Lipinski definition) is 4. The first-order valence-electron chi connectivity index (χ1n) is 7.10. The average Bonchev–Trinajstić information content (AvgIpc) is 2.55. The number of nitrogens with zero attached hydrogens (tertiary/aromatic N) is 1. The molecule has 1 aromatic heterocycles. The van der Waals surface area contributed by atoms with E-state index in [1.54, 1.807) is 0 Å². The Balaban J connectivity index is 2.14. The number of carbonyl (C=O) groups excluding carboxylic acids is 1. The number of nitrogens with one attached hydrogen (secondary N) is 1. The van der Waals surface area contributed by atoms with Crippen molar-refractivity contribution >= 4 is 11.6 Å². The average molecular weight is 356 g/mol. The molecule has 0 aliphatic carbocycles. The van der Waals surface area contributed by atoms with Gasteiger partial charge in [-0.1, -0.05) is 0 Å². The van der Waals surface area contributed by atoms with Crippen LogP contribution in [-0.4, -0.2) is 22.7 Å². The smallest absolute Gasteiger partial charge is 0.416 e. The number of rotatable bonds is 5. The number of halogens is 3. The minimum Gasteiger partial charge on any atom is -0.491 e. The molecule has 6 nitrogen and oxygen atoms in total. The van der Waals surface area contributed by atoms with Gasteiger partial charge in [-0.25, -0.2) is 0 Å². The molecule has 0 fully saturated rings. The fourth-order valence-electron chi connectivity index (χ4n) is 2.13. The van der Waals surface area contributed by atoms with Gasteiger partial charge in [-0.2, -0.15) is 13.2 Å². The van der Waals surface area contributed by atoms with Crippen LogP contribution >= 0.6 is 0 Å². The van der Waals surface area contributed by atoms with Crippen LogP contribution in [0.5, 0.6) is 5.75 Å². The third-order valence-corrected chi connectivity index (χ3v) is 3.37. The number of aromatic nitrogens is 1. The molecule has 0 aliphatic heterocycles. The first-order valence-corrected chi connectivity index (χ1v) is 7.10. The second-order valence-electron chi connectivity index (χ2n) is 5.11. The largest absolute Gasteiger partial charge is 0.491 e. The van der Waals surface area contributed by atoms with Gasteiger partial charge in [0, 0.05) is 17.4 Å². The van der Waals surface area contributed by atoms with Crippen molar-refractivity contribution in [3.63, 3.8) is 0 Å². The summed E-state index contributed by atoms with van der Waals surface area (Å²) in [7, 11) is 1.29. The van der Waals surface area contributed by atoms with Crippen molar-refractivity contribution in [1.29, 1.82) is 0 Å². The number of anilines is 1. The highest BCUT2D eigenvalue weighted by atomic mass is 19.4. The molecule has 134 valence electrons. The summed E-state index contributed by atoms with van der Waals surface area (Å²) >= 11 is 0. The van der Waals surface area contributed by atoms with E-state index in [1.807, 2.05) is 0 Å². The fourth-order valence-corrected chi connectivity index (χ4v) is 2.13. The lowest BCUT2D eigenvalue weighted by molar-refractivity contribution is -0.137. The summed E-state index contributed by atoms with van der Waals surface area (Å²) in [5.74, 6) is -0.542. The second-order valence-corrected chi connectivity index (χ2v) is 5.11. The molecule has 2 N–H and O–H groups in total. The van der Waals surface area contributed by atoms with Crippen LogP contribution in [0.15, 0.2) is 41.3 Å². The molecule has 1 heterocycles. The highest BCUT2D eigenvalue weighted by molar-refractivity contribution is 5.90. The predicted octanol–water partition coefficient (Wildman–Crippen LogP) is 2.01. The maximum Gasteiger partial charge on any atom is 0.416 e. The third-order valence-electron chi connectivity index (χ3n) is 3.37. The van der Waals surface area contributed by atoms with E-state index >= 15 is 0 Å². The zero-order chi connectivity index (χ0) is 18.6. The number of alkyl halides is 3. The summed E-state index contributed by atoms with van der Waals surface area (Å²) in [6, 6.07) is 5.14. The molecule has 0 bridgehead atoms. The molecule has 1 amide bonds. The van der Waals surface area contributed by atoms with Gasteiger partial charge in [-0.05, 0) is 24.3 Å². The summed E-state index contributed by atoms with van der Waals surface area (Å²) in [4.78, 5) is 23.7. The molecule has 0 atom stereocenters. The molecule has 0 unspecified atom stereocenters. The van der Waals surface area contributed by atoms with Crippen molar-refractivity contribution in [1.82, 2.24) is 4.57 Å². The van der Waals surface area contributed by atoms with Crippen molar-refractivity contribution in [2.24, 2.45) is 0 Å². The molecular formula is C16H15F3N2O4. The number of pyridine rings is 1. The van der Waals surface area contributed by atoms with Gasteiger partial charge in [0.1, 0.15) is 6.54 Å². The van der Waals surface area contributed by atoms with Gasteiger partial charge in [-0.3, -0.25) is 9.59 Å². The van der Waals surface area contributed by atoms with Gasteiger partial charge in [0.2, 0.25) is 11.3 Å². The van der Waals surface area contributed by atoms with E-state index in [2.05, 4.69) is 5.32 Å². The lowest BCUT2D eigenvalue weighted by Gasteiger charge is -2.14. The molecule has 0 radical (unpaired) electrons. The Hall–Kier alpha value is -2.81. The summed E-state index contributed by atoms with van der Waals surface area (Å²) in [5, 5.41) is 11.7. The van der Waals surface area contributed by atoms with Crippen molar-refractivity contribution in [3.8, 4) is 5.75 Å². The maximum absolute atomic E-state index is 12.5. The molecule has 0 saturated heterocycles. The molecule has 0 saturated carbocycles. The number of aliphatic hydroxyl groups excluding tert-OH is 1. The van der Waals surface area contributed by atoms with Crippen molar-refractivity contribution < 1.29 is 27.8 Å². The van der Waals surface area contributed by atoms with E-state index in [0.29, 0.717) is 0 Å². The Morgan fingerprint density at radius 2 is 1.92 bits per heavy atom. The van der Waals surface area contributed by atoms with Crippen LogP contribution in [-0.2, 0) is 24.1 Å². The van der Waals surface area contributed by atoms with Gasteiger partial charge in [-0.15, -0.1) is 0 Å². The van der Waals surface area contributed by atoms with E-state index in [1.165, 1.54) is 17.9 Å². The lowest BCUT2D eigenvalue weighted by Crippen LogP contribution is -2.23. The van der Waals surface area contributed by atoms with E-state index in [9.17, 15) is 27.9 Å². The van der Waals surface area contributed by atoms with Gasteiger partial charge >= 0.3 is 6.18 Å². The zero-order valence-electron chi connectivity index (χ0n) is 13.1. The van der Waals surface area contributed by atoms with E-state index in [-0.39, 0.29) is 23.7 Å². The van der Waals surface area contributed by atoms with Crippen LogP contribution in [0.3, 0.4) is 0 Å². The zero-order valence-corrected chi connectivity index (χ0v) is 13.1.